The lowest BCUT2D eigenvalue weighted by atomic mass is 10.0. The maximum atomic E-state index is 13.0. The lowest BCUT2D eigenvalue weighted by molar-refractivity contribution is -0.168. The van der Waals surface area contributed by atoms with Crippen LogP contribution in [0.2, 0.25) is 0 Å². The molecule has 2 aliphatic rings. The Hall–Kier alpha value is -3.70. The van der Waals surface area contributed by atoms with Gasteiger partial charge in [0.05, 0.1) is 12.6 Å². The van der Waals surface area contributed by atoms with Gasteiger partial charge in [-0.2, -0.15) is 0 Å². The Morgan fingerprint density at radius 2 is 2.03 bits per heavy atom. The maximum Gasteiger partial charge on any atom is 0.511 e. The number of carbonyl (C=O) groups is 5. The lowest BCUT2D eigenvalue weighted by Gasteiger charge is -2.48. The highest BCUT2D eigenvalue weighted by molar-refractivity contribution is 8.00. The molecule has 1 aromatic rings. The molecular weight excluding hydrogens is 544 g/mol. The Morgan fingerprint density at radius 3 is 2.68 bits per heavy atom. The molecule has 0 saturated carbocycles. The molecule has 0 radical (unpaired) electrons. The molecule has 1 aromatic heterocycles. The Bertz CT molecular complexity index is 1170. The molecule has 1 fully saturated rings. The first kappa shape index (κ1) is 28.9. The SMILES string of the molecule is CCOC(=O)OC(C)OC(=O)C1=CCS[C@@H]2C(NC(=O)C(=NOC)c3csc(NC(=O)[C@H](C)N)n3)C(=O)N12. The number of oxime groups is 1. The molecule has 4 N–H and O–H groups in total. The van der Waals surface area contributed by atoms with Crippen molar-refractivity contribution in [3.63, 3.8) is 0 Å². The lowest BCUT2D eigenvalue weighted by Crippen LogP contribution is -2.70. The van der Waals surface area contributed by atoms with Crippen molar-refractivity contribution in [3.8, 4) is 0 Å². The number of anilines is 1. The average molecular weight is 571 g/mol. The number of rotatable bonds is 10. The number of thiazole rings is 1. The first-order valence-electron chi connectivity index (χ1n) is 11.2. The molecule has 15 nitrogen and oxygen atoms in total. The maximum absolute atomic E-state index is 13.0. The third-order valence-electron chi connectivity index (χ3n) is 4.93. The number of aromatic nitrogens is 1. The van der Waals surface area contributed by atoms with Gasteiger partial charge in [-0.25, -0.2) is 14.6 Å². The zero-order valence-corrected chi connectivity index (χ0v) is 22.4. The Morgan fingerprint density at radius 1 is 1.29 bits per heavy atom. The van der Waals surface area contributed by atoms with Crippen LogP contribution in [0.1, 0.15) is 26.5 Å². The normalized spacial score (nSPS) is 20.1. The fourth-order valence-corrected chi connectivity index (χ4v) is 5.11. The first-order valence-corrected chi connectivity index (χ1v) is 13.1. The number of ether oxygens (including phenoxy) is 3. The van der Waals surface area contributed by atoms with Gasteiger partial charge in [0.25, 0.3) is 11.8 Å². The predicted molar refractivity (Wildman–Crippen MR) is 135 cm³/mol. The number of carbonyl (C=O) groups excluding carboxylic acids is 5. The minimum absolute atomic E-state index is 0.0386. The van der Waals surface area contributed by atoms with Crippen LogP contribution in [-0.2, 0) is 38.2 Å². The number of fused-ring (bicyclic) bond motifs is 1. The number of hydrogen-bond donors (Lipinski definition) is 3. The van der Waals surface area contributed by atoms with Crippen molar-refractivity contribution in [2.24, 2.45) is 10.9 Å². The van der Waals surface area contributed by atoms with Gasteiger partial charge in [-0.3, -0.25) is 19.3 Å². The highest BCUT2D eigenvalue weighted by Crippen LogP contribution is 2.38. The van der Waals surface area contributed by atoms with Crippen LogP contribution in [-0.4, -0.2) is 88.7 Å². The second kappa shape index (κ2) is 12.7. The number of esters is 1. The molecule has 38 heavy (non-hydrogen) atoms. The largest absolute Gasteiger partial charge is 0.511 e. The molecule has 0 aliphatic carbocycles. The van der Waals surface area contributed by atoms with E-state index in [1.165, 1.54) is 49.1 Å². The fourth-order valence-electron chi connectivity index (χ4n) is 3.22. The summed E-state index contributed by atoms with van der Waals surface area (Å²) in [5, 5.41) is 9.90. The van der Waals surface area contributed by atoms with Gasteiger partial charge in [0.15, 0.2) is 10.8 Å². The van der Waals surface area contributed by atoms with Gasteiger partial charge in [0, 0.05) is 18.1 Å². The second-order valence-electron chi connectivity index (χ2n) is 7.68. The van der Waals surface area contributed by atoms with Crippen molar-refractivity contribution < 1.29 is 43.0 Å². The first-order chi connectivity index (χ1) is 18.1. The van der Waals surface area contributed by atoms with Crippen LogP contribution in [0, 0.1) is 0 Å². The Kier molecular flexibility index (Phi) is 9.65. The number of thioether (sulfide) groups is 1. The van der Waals surface area contributed by atoms with Gasteiger partial charge in [-0.05, 0) is 19.9 Å². The topological polar surface area (TPSA) is 201 Å². The van der Waals surface area contributed by atoms with Crippen LogP contribution < -0.4 is 16.4 Å². The molecular formula is C21H26N6O9S2. The van der Waals surface area contributed by atoms with Crippen molar-refractivity contribution in [3.05, 3.63) is 22.8 Å². The van der Waals surface area contributed by atoms with E-state index in [4.69, 9.17) is 20.0 Å². The highest BCUT2D eigenvalue weighted by atomic mass is 32.2. The van der Waals surface area contributed by atoms with E-state index in [0.29, 0.717) is 5.75 Å². The molecule has 3 heterocycles. The summed E-state index contributed by atoms with van der Waals surface area (Å²) in [6.45, 7) is 4.52. The zero-order valence-electron chi connectivity index (χ0n) is 20.8. The monoisotopic (exact) mass is 570 g/mol. The highest BCUT2D eigenvalue weighted by Gasteiger charge is 2.53. The number of hydrogen-bond acceptors (Lipinski definition) is 14. The molecule has 3 amide bonds. The molecule has 17 heteroatoms. The van der Waals surface area contributed by atoms with Crippen molar-refractivity contribution >= 4 is 63.8 Å². The van der Waals surface area contributed by atoms with E-state index in [-0.39, 0.29) is 28.8 Å². The number of amides is 3. The summed E-state index contributed by atoms with van der Waals surface area (Å²) < 4.78 is 14.5. The molecule has 4 atom stereocenters. The number of β-lactam (4-membered cyclic amide) rings is 1. The summed E-state index contributed by atoms with van der Waals surface area (Å²) >= 11 is 2.36. The molecule has 206 valence electrons. The number of nitrogens with two attached hydrogens (primary N) is 1. The third-order valence-corrected chi connectivity index (χ3v) is 6.87. The molecule has 2 aliphatic heterocycles. The van der Waals surface area contributed by atoms with Crippen molar-refractivity contribution in [2.75, 3.05) is 24.8 Å². The molecule has 0 aromatic carbocycles. The minimum Gasteiger partial charge on any atom is -0.435 e. The van der Waals surface area contributed by atoms with Gasteiger partial charge in [0.1, 0.15) is 29.9 Å². The van der Waals surface area contributed by atoms with Crippen LogP contribution in [0.5, 0.6) is 0 Å². The van der Waals surface area contributed by atoms with Gasteiger partial charge in [-0.15, -0.1) is 23.1 Å². The van der Waals surface area contributed by atoms with Crippen LogP contribution in [0.3, 0.4) is 0 Å². The summed E-state index contributed by atoms with van der Waals surface area (Å²) in [4.78, 5) is 71.9. The quantitative estimate of drug-likeness (QED) is 0.113. The van der Waals surface area contributed by atoms with Crippen LogP contribution in [0.15, 0.2) is 22.3 Å². The van der Waals surface area contributed by atoms with E-state index < -0.39 is 53.6 Å². The van der Waals surface area contributed by atoms with Gasteiger partial charge < -0.3 is 35.4 Å². The fraction of sp³-hybridized carbons (Fsp3) is 0.476. The predicted octanol–water partition coefficient (Wildman–Crippen LogP) is 0.125. The van der Waals surface area contributed by atoms with Gasteiger partial charge in [0.2, 0.25) is 12.2 Å². The van der Waals surface area contributed by atoms with Crippen molar-refractivity contribution in [1.82, 2.24) is 15.2 Å². The summed E-state index contributed by atoms with van der Waals surface area (Å²) in [5.74, 6) is -2.30. The van der Waals surface area contributed by atoms with E-state index in [1.54, 1.807) is 6.92 Å². The third kappa shape index (κ3) is 6.59. The Labute approximate surface area is 225 Å². The molecule has 3 rings (SSSR count). The summed E-state index contributed by atoms with van der Waals surface area (Å²) in [6.07, 6.45) is -0.753. The van der Waals surface area contributed by atoms with Crippen molar-refractivity contribution in [2.45, 2.75) is 44.5 Å². The minimum atomic E-state index is -1.25. The van der Waals surface area contributed by atoms with E-state index >= 15 is 0 Å². The summed E-state index contributed by atoms with van der Waals surface area (Å²) in [7, 11) is 1.24. The van der Waals surface area contributed by atoms with Crippen molar-refractivity contribution in [1.29, 1.82) is 0 Å². The molecule has 0 bridgehead atoms. The molecule has 0 spiro atoms. The van der Waals surface area contributed by atoms with E-state index in [9.17, 15) is 24.0 Å². The Balaban J connectivity index is 1.64. The average Bonchev–Trinajstić information content (AvgIpc) is 3.32. The van der Waals surface area contributed by atoms with Crippen LogP contribution >= 0.6 is 23.1 Å². The number of nitrogens with one attached hydrogen (secondary N) is 2. The van der Waals surface area contributed by atoms with Crippen LogP contribution in [0.4, 0.5) is 9.93 Å². The van der Waals surface area contributed by atoms with E-state index in [1.807, 2.05) is 0 Å². The summed E-state index contributed by atoms with van der Waals surface area (Å²) in [6, 6.07) is -1.74. The molecule has 2 unspecified atom stereocenters. The molecule has 1 saturated heterocycles. The smallest absolute Gasteiger partial charge is 0.435 e. The second-order valence-corrected chi connectivity index (χ2v) is 9.69. The van der Waals surface area contributed by atoms with E-state index in [2.05, 4.69) is 25.5 Å². The standard InChI is InChI=1S/C21H26N6O9S2/c1-5-34-21(32)36-10(3)35-19(31)12-6-7-37-18-14(17(30)27(12)18)24-16(29)13(26-33-4)11-8-38-20(23-11)25-15(28)9(2)22/h6,8-10,14,18H,5,7,22H2,1-4H3,(H,24,29)(H,23,25,28)/t9-,10?,14?,18+/m0/s1. The van der Waals surface area contributed by atoms with Crippen LogP contribution in [0.25, 0.3) is 0 Å². The summed E-state index contributed by atoms with van der Waals surface area (Å²) in [5.41, 5.74) is 5.38. The number of nitrogens with zero attached hydrogens (tertiary/aromatic N) is 3. The van der Waals surface area contributed by atoms with Gasteiger partial charge >= 0.3 is 12.1 Å². The van der Waals surface area contributed by atoms with Gasteiger partial charge in [-0.1, -0.05) is 5.16 Å². The zero-order chi connectivity index (χ0) is 28.0. The van der Waals surface area contributed by atoms with E-state index in [0.717, 1.165) is 11.3 Å².